The lowest BCUT2D eigenvalue weighted by atomic mass is 10.2. The summed E-state index contributed by atoms with van der Waals surface area (Å²) in [6.45, 7) is 4.40. The van der Waals surface area contributed by atoms with Gasteiger partial charge in [-0.25, -0.2) is 9.37 Å². The Balaban J connectivity index is 1.57. The van der Waals surface area contributed by atoms with Gasteiger partial charge in [-0.2, -0.15) is 4.98 Å². The first-order chi connectivity index (χ1) is 16.4. The highest BCUT2D eigenvalue weighted by molar-refractivity contribution is 6.32. The molecule has 2 amide bonds. The number of rotatable bonds is 10. The van der Waals surface area contributed by atoms with Crippen LogP contribution in [0.1, 0.15) is 16.8 Å². The molecule has 0 spiro atoms. The molecule has 0 aliphatic carbocycles. The highest BCUT2D eigenvalue weighted by Gasteiger charge is 2.14. The first-order valence-electron chi connectivity index (χ1n) is 10.5. The number of anilines is 4. The molecule has 0 aliphatic heterocycles. The number of likely N-dealkylation sites (N-methyl/N-ethyl adjacent to an activating group) is 1. The summed E-state index contributed by atoms with van der Waals surface area (Å²) in [4.78, 5) is 33.5. The van der Waals surface area contributed by atoms with E-state index in [1.54, 1.807) is 12.1 Å². The van der Waals surface area contributed by atoms with Gasteiger partial charge in [-0.05, 0) is 42.8 Å². The minimum absolute atomic E-state index is 0.0831. The molecule has 0 atom stereocenters. The van der Waals surface area contributed by atoms with E-state index >= 15 is 0 Å². The van der Waals surface area contributed by atoms with Gasteiger partial charge in [0.25, 0.3) is 5.91 Å². The molecular weight excluding hydrogens is 459 g/mol. The van der Waals surface area contributed by atoms with Crippen molar-refractivity contribution in [2.45, 2.75) is 6.42 Å². The molecule has 8 nitrogen and oxygen atoms in total. The highest BCUT2D eigenvalue weighted by Crippen LogP contribution is 2.26. The van der Waals surface area contributed by atoms with Crippen molar-refractivity contribution in [3.05, 3.63) is 83.8 Å². The van der Waals surface area contributed by atoms with Crippen molar-refractivity contribution in [2.75, 3.05) is 35.7 Å². The number of hydrogen-bond acceptors (Lipinski definition) is 6. The lowest BCUT2D eigenvalue weighted by Crippen LogP contribution is -2.25. The number of aromatic nitrogens is 2. The molecule has 0 aliphatic rings. The van der Waals surface area contributed by atoms with Crippen LogP contribution >= 0.6 is 11.6 Å². The van der Waals surface area contributed by atoms with Crippen LogP contribution < -0.4 is 20.9 Å². The lowest BCUT2D eigenvalue weighted by molar-refractivity contribution is -0.113. The van der Waals surface area contributed by atoms with E-state index in [0.29, 0.717) is 41.6 Å². The average Bonchev–Trinajstić information content (AvgIpc) is 2.86. The summed E-state index contributed by atoms with van der Waals surface area (Å²) in [6.07, 6.45) is 3.19. The van der Waals surface area contributed by atoms with Crippen molar-refractivity contribution >= 4 is 46.6 Å². The molecule has 3 rings (SSSR count). The molecule has 10 heteroatoms. The fraction of sp³-hybridized carbons (Fsp3) is 0.167. The van der Waals surface area contributed by atoms with E-state index in [-0.39, 0.29) is 17.5 Å². The summed E-state index contributed by atoms with van der Waals surface area (Å²) in [5.74, 6) is -0.479. The summed E-state index contributed by atoms with van der Waals surface area (Å²) in [5.41, 5.74) is 1.17. The smallest absolute Gasteiger partial charge is 0.251 e. The quantitative estimate of drug-likeness (QED) is 0.293. The number of hydrogen-bond donors (Lipinski definition) is 3. The van der Waals surface area contributed by atoms with Crippen LogP contribution in [0.4, 0.5) is 27.5 Å². The molecule has 3 aromatic rings. The molecule has 176 valence electrons. The van der Waals surface area contributed by atoms with E-state index in [2.05, 4.69) is 32.5 Å². The summed E-state index contributed by atoms with van der Waals surface area (Å²) in [6, 6.07) is 13.2. The predicted octanol–water partition coefficient (Wildman–Crippen LogP) is 4.39. The minimum atomic E-state index is -0.554. The molecule has 0 fully saturated rings. The van der Waals surface area contributed by atoms with E-state index in [1.807, 2.05) is 18.2 Å². The second kappa shape index (κ2) is 11.8. The number of carbonyl (C=O) groups excluding carboxylic acids is 2. The summed E-state index contributed by atoms with van der Waals surface area (Å²) < 4.78 is 14.2. The largest absolute Gasteiger partial charge is 0.369 e. The number of benzene rings is 2. The van der Waals surface area contributed by atoms with Crippen LogP contribution in [0.15, 0.2) is 67.4 Å². The molecular formula is C24H24ClFN6O2. The van der Waals surface area contributed by atoms with Crippen molar-refractivity contribution in [3.8, 4) is 0 Å². The topological polar surface area (TPSA) is 99.3 Å². The predicted molar refractivity (Wildman–Crippen MR) is 132 cm³/mol. The van der Waals surface area contributed by atoms with Crippen molar-refractivity contribution in [2.24, 2.45) is 0 Å². The van der Waals surface area contributed by atoms with Crippen LogP contribution in [-0.2, 0) is 4.79 Å². The van der Waals surface area contributed by atoms with Crippen LogP contribution in [0.3, 0.4) is 0 Å². The number of nitrogens with zero attached hydrogens (tertiary/aromatic N) is 3. The van der Waals surface area contributed by atoms with Gasteiger partial charge in [0.2, 0.25) is 11.9 Å². The monoisotopic (exact) mass is 482 g/mol. The Labute approximate surface area is 201 Å². The van der Waals surface area contributed by atoms with Gasteiger partial charge in [0, 0.05) is 31.4 Å². The van der Waals surface area contributed by atoms with Gasteiger partial charge in [-0.15, -0.1) is 0 Å². The maximum atomic E-state index is 14.2. The number of nitrogens with one attached hydrogen (secondary N) is 3. The Hall–Kier alpha value is -3.98. The Morgan fingerprint density at radius 3 is 2.68 bits per heavy atom. The number of amides is 2. The fourth-order valence-corrected chi connectivity index (χ4v) is 3.13. The van der Waals surface area contributed by atoms with Crippen molar-refractivity contribution in [1.29, 1.82) is 0 Å². The fourth-order valence-electron chi connectivity index (χ4n) is 2.97. The zero-order valence-electron chi connectivity index (χ0n) is 18.5. The van der Waals surface area contributed by atoms with Crippen LogP contribution in [0.5, 0.6) is 0 Å². The average molecular weight is 483 g/mol. The van der Waals surface area contributed by atoms with Gasteiger partial charge in [0.15, 0.2) is 0 Å². The van der Waals surface area contributed by atoms with Gasteiger partial charge in [-0.1, -0.05) is 36.4 Å². The first kappa shape index (κ1) is 24.7. The van der Waals surface area contributed by atoms with Gasteiger partial charge in [0.05, 0.1) is 11.9 Å². The van der Waals surface area contributed by atoms with E-state index in [1.165, 1.54) is 31.4 Å². The first-order valence-corrected chi connectivity index (χ1v) is 10.8. The van der Waals surface area contributed by atoms with E-state index in [4.69, 9.17) is 11.6 Å². The Morgan fingerprint density at radius 1 is 1.18 bits per heavy atom. The van der Waals surface area contributed by atoms with Gasteiger partial charge in [0.1, 0.15) is 16.7 Å². The molecule has 1 aromatic heterocycles. The molecule has 34 heavy (non-hydrogen) atoms. The lowest BCUT2D eigenvalue weighted by Gasteiger charge is -2.17. The molecule has 0 radical (unpaired) electrons. The van der Waals surface area contributed by atoms with Crippen molar-refractivity contribution in [1.82, 2.24) is 15.3 Å². The maximum absolute atomic E-state index is 14.2. The summed E-state index contributed by atoms with van der Waals surface area (Å²) >= 11 is 6.19. The maximum Gasteiger partial charge on any atom is 0.251 e. The summed E-state index contributed by atoms with van der Waals surface area (Å²) in [7, 11) is 1.45. The van der Waals surface area contributed by atoms with Gasteiger partial charge < -0.3 is 20.9 Å². The van der Waals surface area contributed by atoms with Crippen LogP contribution in [-0.4, -0.2) is 41.9 Å². The Bertz CT molecular complexity index is 1180. The normalized spacial score (nSPS) is 10.3. The highest BCUT2D eigenvalue weighted by atomic mass is 35.5. The SMILES string of the molecule is C=CC(=O)N(C)c1cc(Nc2ncc(Cl)c(NCCCNC(=O)c3ccccc3)n2)ccc1F. The van der Waals surface area contributed by atoms with E-state index in [9.17, 15) is 14.0 Å². The molecule has 0 saturated carbocycles. The third kappa shape index (κ3) is 6.52. The second-order valence-electron chi connectivity index (χ2n) is 7.18. The van der Waals surface area contributed by atoms with E-state index in [0.717, 1.165) is 11.0 Å². The van der Waals surface area contributed by atoms with Crippen molar-refractivity contribution < 1.29 is 14.0 Å². The van der Waals surface area contributed by atoms with Crippen LogP contribution in [0.2, 0.25) is 5.02 Å². The molecule has 0 bridgehead atoms. The minimum Gasteiger partial charge on any atom is -0.369 e. The van der Waals surface area contributed by atoms with Gasteiger partial charge >= 0.3 is 0 Å². The molecule has 0 saturated heterocycles. The molecule has 0 unspecified atom stereocenters. The number of carbonyl (C=O) groups is 2. The van der Waals surface area contributed by atoms with Crippen LogP contribution in [0, 0.1) is 5.82 Å². The standard InChI is InChI=1S/C24H24ClFN6O2/c1-3-21(33)32(2)20-14-17(10-11-19(20)26)30-24-29-15-18(25)22(31-24)27-12-7-13-28-23(34)16-8-5-4-6-9-16/h3-6,8-11,14-15H,1,7,12-13H2,2H3,(H,28,34)(H2,27,29,30,31). The summed E-state index contributed by atoms with van der Waals surface area (Å²) in [5, 5.41) is 9.27. The second-order valence-corrected chi connectivity index (χ2v) is 7.59. The van der Waals surface area contributed by atoms with Crippen molar-refractivity contribution in [3.63, 3.8) is 0 Å². The van der Waals surface area contributed by atoms with Gasteiger partial charge in [-0.3, -0.25) is 9.59 Å². The third-order valence-electron chi connectivity index (χ3n) is 4.78. The Kier molecular flexibility index (Phi) is 8.53. The molecule has 1 heterocycles. The molecule has 3 N–H and O–H groups in total. The van der Waals surface area contributed by atoms with Crippen LogP contribution in [0.25, 0.3) is 0 Å². The zero-order valence-corrected chi connectivity index (χ0v) is 19.3. The zero-order chi connectivity index (χ0) is 24.5. The van der Waals surface area contributed by atoms with E-state index < -0.39 is 11.7 Å². The Morgan fingerprint density at radius 2 is 1.94 bits per heavy atom. The third-order valence-corrected chi connectivity index (χ3v) is 5.06. The number of halogens is 2. The molecule has 2 aromatic carbocycles.